The molecular weight excluding hydrogens is 444 g/mol. The van der Waals surface area contributed by atoms with Crippen LogP contribution in [0.3, 0.4) is 0 Å². The lowest BCUT2D eigenvalue weighted by atomic mass is 9.95. The maximum absolute atomic E-state index is 13.1. The van der Waals surface area contributed by atoms with Gasteiger partial charge < -0.3 is 14.5 Å². The molecule has 2 fully saturated rings. The number of fused-ring (bicyclic) bond motifs is 1. The van der Waals surface area contributed by atoms with Crippen LogP contribution in [-0.4, -0.2) is 56.5 Å². The minimum absolute atomic E-state index is 0.00321. The molecule has 2 atom stereocenters. The Morgan fingerprint density at radius 3 is 2.80 bits per heavy atom. The average molecular weight is 481 g/mol. The van der Waals surface area contributed by atoms with Crippen molar-refractivity contribution in [3.63, 3.8) is 0 Å². The fourth-order valence-electron chi connectivity index (χ4n) is 5.65. The maximum atomic E-state index is 13.1. The molecule has 0 radical (unpaired) electrons. The van der Waals surface area contributed by atoms with E-state index in [2.05, 4.69) is 37.0 Å². The van der Waals surface area contributed by atoms with E-state index in [4.69, 9.17) is 9.47 Å². The van der Waals surface area contributed by atoms with Crippen molar-refractivity contribution < 1.29 is 9.47 Å². The molecule has 1 saturated carbocycles. The molecule has 1 saturated heterocycles. The van der Waals surface area contributed by atoms with Gasteiger partial charge >= 0.3 is 0 Å². The Morgan fingerprint density at radius 1 is 1.20 bits per heavy atom. The van der Waals surface area contributed by atoms with Crippen molar-refractivity contribution in [3.05, 3.63) is 46.0 Å². The first-order valence-corrected chi connectivity index (χ1v) is 13.0. The predicted molar refractivity (Wildman–Crippen MR) is 133 cm³/mol. The van der Waals surface area contributed by atoms with Crippen LogP contribution in [0.4, 0.5) is 0 Å². The minimum Gasteiger partial charge on any atom is -0.497 e. The Labute approximate surface area is 205 Å². The number of nitrogens with one attached hydrogen (secondary N) is 1. The highest BCUT2D eigenvalue weighted by molar-refractivity contribution is 5.80. The first-order valence-electron chi connectivity index (χ1n) is 13.0. The van der Waals surface area contributed by atoms with Crippen molar-refractivity contribution in [2.24, 2.45) is 0 Å². The Morgan fingerprint density at radius 2 is 2.06 bits per heavy atom. The van der Waals surface area contributed by atoms with E-state index in [1.54, 1.807) is 7.11 Å². The molecule has 1 N–H and O–H groups in total. The second-order valence-electron chi connectivity index (χ2n) is 9.84. The molecule has 0 bridgehead atoms. The van der Waals surface area contributed by atoms with Crippen LogP contribution in [0.5, 0.6) is 5.75 Å². The number of aromatic amines is 1. The zero-order valence-electron chi connectivity index (χ0n) is 20.8. The van der Waals surface area contributed by atoms with Gasteiger partial charge in [-0.25, -0.2) is 4.68 Å². The van der Waals surface area contributed by atoms with Gasteiger partial charge in [0, 0.05) is 36.2 Å². The molecule has 2 unspecified atom stereocenters. The third kappa shape index (κ3) is 5.26. The SMILES string of the molecule is CCC(c1nnnn1C1CCCCC1)N(Cc1cc2cc(OC)ccc2[nH]c1=O)CC1CCCO1. The van der Waals surface area contributed by atoms with Crippen molar-refractivity contribution >= 4 is 10.9 Å². The van der Waals surface area contributed by atoms with Crippen molar-refractivity contribution in [2.45, 2.75) is 83.0 Å². The van der Waals surface area contributed by atoms with Crippen molar-refractivity contribution in [1.29, 1.82) is 0 Å². The van der Waals surface area contributed by atoms with E-state index in [0.717, 1.165) is 73.3 Å². The molecule has 9 nitrogen and oxygen atoms in total. The van der Waals surface area contributed by atoms with E-state index in [0.29, 0.717) is 12.6 Å². The molecule has 188 valence electrons. The summed E-state index contributed by atoms with van der Waals surface area (Å²) in [4.78, 5) is 18.5. The smallest absolute Gasteiger partial charge is 0.252 e. The van der Waals surface area contributed by atoms with Gasteiger partial charge in [-0.15, -0.1) is 5.10 Å². The van der Waals surface area contributed by atoms with Crippen LogP contribution >= 0.6 is 0 Å². The Balaban J connectivity index is 1.48. The van der Waals surface area contributed by atoms with Crippen molar-refractivity contribution in [3.8, 4) is 5.75 Å². The lowest BCUT2D eigenvalue weighted by molar-refractivity contribution is 0.0481. The van der Waals surface area contributed by atoms with Crippen LogP contribution in [0.15, 0.2) is 29.1 Å². The Bertz CT molecular complexity index is 1180. The number of hydrogen-bond acceptors (Lipinski definition) is 7. The number of methoxy groups -OCH3 is 1. The third-order valence-corrected chi connectivity index (χ3v) is 7.53. The summed E-state index contributed by atoms with van der Waals surface area (Å²) in [5.41, 5.74) is 1.46. The van der Waals surface area contributed by atoms with Gasteiger partial charge in [0.05, 0.1) is 25.3 Å². The van der Waals surface area contributed by atoms with Gasteiger partial charge in [-0.3, -0.25) is 9.69 Å². The summed E-state index contributed by atoms with van der Waals surface area (Å²) >= 11 is 0. The molecule has 0 amide bonds. The van der Waals surface area contributed by atoms with Gasteiger partial charge in [-0.2, -0.15) is 0 Å². The molecular formula is C26H36N6O3. The van der Waals surface area contributed by atoms with Crippen molar-refractivity contribution in [1.82, 2.24) is 30.1 Å². The van der Waals surface area contributed by atoms with Gasteiger partial charge in [0.2, 0.25) is 0 Å². The van der Waals surface area contributed by atoms with Crippen LogP contribution in [0.2, 0.25) is 0 Å². The lowest BCUT2D eigenvalue weighted by Crippen LogP contribution is -2.38. The van der Waals surface area contributed by atoms with Crippen LogP contribution in [0, 0.1) is 0 Å². The van der Waals surface area contributed by atoms with E-state index in [9.17, 15) is 4.79 Å². The molecule has 3 aromatic rings. The quantitative estimate of drug-likeness (QED) is 0.491. The van der Waals surface area contributed by atoms with Crippen LogP contribution in [0.25, 0.3) is 10.9 Å². The highest BCUT2D eigenvalue weighted by Gasteiger charge is 2.31. The molecule has 1 aromatic carbocycles. The van der Waals surface area contributed by atoms with Gasteiger partial charge in [0.1, 0.15) is 5.75 Å². The topological polar surface area (TPSA) is 98.2 Å². The number of benzene rings is 1. The highest BCUT2D eigenvalue weighted by atomic mass is 16.5. The molecule has 1 aliphatic carbocycles. The number of ether oxygens (including phenoxy) is 2. The summed E-state index contributed by atoms with van der Waals surface area (Å²) in [6, 6.07) is 8.03. The van der Waals surface area contributed by atoms with Crippen LogP contribution < -0.4 is 10.3 Å². The monoisotopic (exact) mass is 480 g/mol. The minimum atomic E-state index is -0.0678. The molecule has 1 aliphatic heterocycles. The summed E-state index contributed by atoms with van der Waals surface area (Å²) in [7, 11) is 1.65. The summed E-state index contributed by atoms with van der Waals surface area (Å²) in [5, 5.41) is 14.0. The second kappa shape index (κ2) is 10.9. The number of pyridine rings is 1. The normalized spacial score (nSPS) is 20.0. The van der Waals surface area contributed by atoms with Crippen LogP contribution in [0.1, 0.15) is 81.8 Å². The second-order valence-corrected chi connectivity index (χ2v) is 9.84. The van der Waals surface area contributed by atoms with E-state index in [-0.39, 0.29) is 17.7 Å². The average Bonchev–Trinajstić information content (AvgIpc) is 3.58. The molecule has 0 spiro atoms. The number of hydrogen-bond donors (Lipinski definition) is 1. The van der Waals surface area contributed by atoms with Gasteiger partial charge in [-0.1, -0.05) is 26.2 Å². The summed E-state index contributed by atoms with van der Waals surface area (Å²) in [5.74, 6) is 1.67. The van der Waals surface area contributed by atoms with Gasteiger partial charge in [-0.05, 0) is 66.8 Å². The number of aromatic nitrogens is 5. The third-order valence-electron chi connectivity index (χ3n) is 7.53. The van der Waals surface area contributed by atoms with Gasteiger partial charge in [0.15, 0.2) is 5.82 Å². The molecule has 35 heavy (non-hydrogen) atoms. The Hall–Kier alpha value is -2.78. The number of H-pyrrole nitrogens is 1. The van der Waals surface area contributed by atoms with Crippen LogP contribution in [-0.2, 0) is 11.3 Å². The molecule has 2 aromatic heterocycles. The molecule has 9 heteroatoms. The van der Waals surface area contributed by atoms with E-state index in [1.807, 2.05) is 24.3 Å². The summed E-state index contributed by atoms with van der Waals surface area (Å²) in [6.45, 7) is 4.21. The summed E-state index contributed by atoms with van der Waals surface area (Å²) < 4.78 is 13.5. The van der Waals surface area contributed by atoms with E-state index in [1.165, 1.54) is 19.3 Å². The molecule has 3 heterocycles. The number of nitrogens with zero attached hydrogens (tertiary/aromatic N) is 5. The largest absolute Gasteiger partial charge is 0.497 e. The van der Waals surface area contributed by atoms with Gasteiger partial charge in [0.25, 0.3) is 5.56 Å². The first-order chi connectivity index (χ1) is 17.2. The standard InChI is InChI=1S/C26H36N6O3/c1-3-24(25-28-29-30-32(25)20-8-5-4-6-9-20)31(17-22-10-7-13-35-22)16-19-14-18-15-21(34-2)11-12-23(18)27-26(19)33/h11-12,14-15,20,22,24H,3-10,13,16-17H2,1-2H3,(H,27,33). The number of rotatable bonds is 9. The lowest BCUT2D eigenvalue weighted by Gasteiger charge is -2.33. The summed E-state index contributed by atoms with van der Waals surface area (Å²) in [6.07, 6.45) is 9.07. The zero-order chi connectivity index (χ0) is 24.2. The zero-order valence-corrected chi connectivity index (χ0v) is 20.8. The number of tetrazole rings is 1. The van der Waals surface area contributed by atoms with E-state index < -0.39 is 0 Å². The molecule has 5 rings (SSSR count). The maximum Gasteiger partial charge on any atom is 0.252 e. The fourth-order valence-corrected chi connectivity index (χ4v) is 5.65. The first kappa shape index (κ1) is 23.9. The van der Waals surface area contributed by atoms with Crippen molar-refractivity contribution in [2.75, 3.05) is 20.3 Å². The highest BCUT2D eigenvalue weighted by Crippen LogP contribution is 2.33. The van der Waals surface area contributed by atoms with E-state index >= 15 is 0 Å². The predicted octanol–water partition coefficient (Wildman–Crippen LogP) is 4.16. The Kier molecular flexibility index (Phi) is 7.43. The molecule has 2 aliphatic rings. The fraction of sp³-hybridized carbons (Fsp3) is 0.615.